The number of halogens is 3. The van der Waals surface area contributed by atoms with Gasteiger partial charge in [0.2, 0.25) is 0 Å². The fraction of sp³-hybridized carbons (Fsp3) is 0.500. The van der Waals surface area contributed by atoms with Gasteiger partial charge in [-0.25, -0.2) is 9.67 Å². The summed E-state index contributed by atoms with van der Waals surface area (Å²) in [5.41, 5.74) is 1.25. The van der Waals surface area contributed by atoms with Crippen molar-refractivity contribution in [2.45, 2.75) is 25.8 Å². The summed E-state index contributed by atoms with van der Waals surface area (Å²) in [6.45, 7) is 3.24. The van der Waals surface area contributed by atoms with Gasteiger partial charge in [0.25, 0.3) is 0 Å². The van der Waals surface area contributed by atoms with E-state index < -0.39 is 23.7 Å². The maximum absolute atomic E-state index is 14.0. The molecule has 13 nitrogen and oxygen atoms in total. The minimum absolute atomic E-state index is 0. The maximum atomic E-state index is 14.0. The molecule has 0 aromatic carbocycles. The molecule has 45 heavy (non-hydrogen) atoms. The summed E-state index contributed by atoms with van der Waals surface area (Å²) in [6.07, 6.45) is -3.11. The van der Waals surface area contributed by atoms with Crippen molar-refractivity contribution < 1.29 is 71.1 Å². The third-order valence-corrected chi connectivity index (χ3v) is 7.68. The van der Waals surface area contributed by atoms with Gasteiger partial charge in [-0.2, -0.15) is 13.2 Å². The molecule has 2 N–H and O–H groups in total. The summed E-state index contributed by atoms with van der Waals surface area (Å²) >= 11 is 0. The molecule has 3 aromatic heterocycles. The Morgan fingerprint density at radius 3 is 1.82 bits per heavy atom. The van der Waals surface area contributed by atoms with Gasteiger partial charge in [-0.1, -0.05) is 11.3 Å². The zero-order valence-electron chi connectivity index (χ0n) is 24.3. The van der Waals surface area contributed by atoms with E-state index in [1.165, 1.54) is 10.9 Å². The van der Waals surface area contributed by atoms with Crippen LogP contribution in [0.4, 0.5) is 13.2 Å². The molecular weight excluding hydrogens is 746 g/mol. The van der Waals surface area contributed by atoms with Gasteiger partial charge in [0.15, 0.2) is 0 Å². The molecule has 3 aromatic rings. The molecule has 1 fully saturated rings. The van der Waals surface area contributed by atoms with Gasteiger partial charge in [-0.15, -0.1) is 5.10 Å². The van der Waals surface area contributed by atoms with E-state index in [2.05, 4.69) is 20.2 Å². The van der Waals surface area contributed by atoms with Crippen LogP contribution in [-0.2, 0) is 35.4 Å². The number of hydrogen-bond donors (Lipinski definition) is 2. The number of fused-ring (bicyclic) bond motifs is 8. The van der Waals surface area contributed by atoms with Gasteiger partial charge < -0.3 is 10.2 Å². The second-order valence-corrected chi connectivity index (χ2v) is 11.0. The molecule has 0 spiro atoms. The molecule has 6 bridgehead atoms. The topological polar surface area (TPSA) is 144 Å². The number of aromatic nitrogens is 5. The number of hydrogen-bond acceptors (Lipinski definition) is 10. The van der Waals surface area contributed by atoms with Gasteiger partial charge in [-0.05, 0) is 24.3 Å². The van der Waals surface area contributed by atoms with Crippen LogP contribution in [0, 0.1) is 38.2 Å². The summed E-state index contributed by atoms with van der Waals surface area (Å²) in [5.74, 6) is -1.96. The Labute approximate surface area is 288 Å². The number of carboxylic acid groups (broad SMARTS) is 2. The minimum atomic E-state index is -4.62. The number of alkyl halides is 3. The van der Waals surface area contributed by atoms with Crippen molar-refractivity contribution in [1.29, 1.82) is 0 Å². The predicted octanol–water partition coefficient (Wildman–Crippen LogP) is 1.21. The Morgan fingerprint density at radius 1 is 0.756 bits per heavy atom. The second-order valence-electron chi connectivity index (χ2n) is 11.0. The average Bonchev–Trinajstić information content (AvgIpc) is 3.41. The molecular formula is C28H34DyF3N9O4. The van der Waals surface area contributed by atoms with E-state index in [4.69, 9.17) is 4.98 Å². The van der Waals surface area contributed by atoms with Crippen molar-refractivity contribution >= 4 is 11.9 Å². The fourth-order valence-corrected chi connectivity index (χ4v) is 5.46. The largest absolute Gasteiger partial charge is 0.480 e. The standard InChI is InChI=1S/C28H34F3N9O4.Dy/c29-28(30,31)20-12-22-16-37-6-10-38(18-26(41)42)8-4-36(5-9-39(11-7-37)19-27(43)44)15-21-2-1-3-24(34-21)25-14-32-35-40(25)17-23(13-20)33-22;/h1-3,12-14H,4-11,15-19H2,(H,41,42)(H,43,44);. The first-order valence-electron chi connectivity index (χ1n) is 14.3. The van der Waals surface area contributed by atoms with E-state index in [9.17, 15) is 33.0 Å². The van der Waals surface area contributed by atoms with E-state index in [-0.39, 0.29) is 75.7 Å². The number of carboxylic acids is 2. The molecule has 1 saturated heterocycles. The van der Waals surface area contributed by atoms with Crippen LogP contribution in [0.1, 0.15) is 22.6 Å². The number of nitrogens with zero attached hydrogens (tertiary/aromatic N) is 9. The van der Waals surface area contributed by atoms with Crippen molar-refractivity contribution in [3.8, 4) is 11.4 Å². The third-order valence-electron chi connectivity index (χ3n) is 7.68. The number of rotatable bonds is 4. The summed E-state index contributed by atoms with van der Waals surface area (Å²) < 4.78 is 43.6. The van der Waals surface area contributed by atoms with Crippen LogP contribution in [0.5, 0.6) is 0 Å². The van der Waals surface area contributed by atoms with Crippen molar-refractivity contribution in [3.63, 3.8) is 0 Å². The van der Waals surface area contributed by atoms with Gasteiger partial charge in [0.05, 0.1) is 54.2 Å². The van der Waals surface area contributed by atoms with Crippen molar-refractivity contribution in [2.75, 3.05) is 65.4 Å². The summed E-state index contributed by atoms with van der Waals surface area (Å²) in [6, 6.07) is 7.47. The molecule has 0 saturated carbocycles. The van der Waals surface area contributed by atoms with Gasteiger partial charge in [0.1, 0.15) is 5.69 Å². The van der Waals surface area contributed by atoms with Crippen molar-refractivity contribution in [3.05, 3.63) is 59.2 Å². The molecule has 246 valence electrons. The monoisotopic (exact) mass is 781 g/mol. The molecule has 6 rings (SSSR count). The van der Waals surface area contributed by atoms with Crippen LogP contribution in [-0.4, -0.2) is 132 Å². The Morgan fingerprint density at radius 2 is 1.29 bits per heavy atom. The summed E-state index contributed by atoms with van der Waals surface area (Å²) in [5, 5.41) is 27.2. The Bertz CT molecular complexity index is 1440. The van der Waals surface area contributed by atoms with Crippen LogP contribution < -0.4 is 0 Å². The van der Waals surface area contributed by atoms with Gasteiger partial charge in [0, 0.05) is 104 Å². The number of aliphatic carboxylic acids is 2. The molecule has 17 heteroatoms. The van der Waals surface area contributed by atoms with E-state index in [0.717, 1.165) is 12.1 Å². The normalized spacial score (nSPS) is 20.4. The molecule has 0 radical (unpaired) electrons. The van der Waals surface area contributed by atoms with Gasteiger partial charge in [-0.3, -0.25) is 34.2 Å². The molecule has 0 unspecified atom stereocenters. The first kappa shape index (κ1) is 35.1. The first-order chi connectivity index (χ1) is 21.0. The first-order valence-corrected chi connectivity index (χ1v) is 14.3. The summed E-state index contributed by atoms with van der Waals surface area (Å²) in [4.78, 5) is 40.4. The van der Waals surface area contributed by atoms with Crippen molar-refractivity contribution in [2.24, 2.45) is 0 Å². The van der Waals surface area contributed by atoms with Crippen LogP contribution in [0.2, 0.25) is 0 Å². The predicted molar refractivity (Wildman–Crippen MR) is 150 cm³/mol. The molecule has 6 heterocycles. The van der Waals surface area contributed by atoms with E-state index in [1.54, 1.807) is 15.9 Å². The van der Waals surface area contributed by atoms with Crippen LogP contribution >= 0.6 is 0 Å². The SMILES string of the molecule is O=C(O)CN1CCN2CCN(CC(=O)O)CCN(CC1)Cc1cccc(n1)-c1cnnn1Cc1cc(C(F)(F)F)cc(n1)C2.[Dy]. The molecule has 0 atom stereocenters. The van der Waals surface area contributed by atoms with Crippen LogP contribution in [0.25, 0.3) is 11.4 Å². The average molecular weight is 780 g/mol. The maximum Gasteiger partial charge on any atom is 0.416 e. The minimum Gasteiger partial charge on any atom is -0.480 e. The molecule has 0 amide bonds. The van der Waals surface area contributed by atoms with Gasteiger partial charge >= 0.3 is 18.1 Å². The van der Waals surface area contributed by atoms with Crippen LogP contribution in [0.3, 0.4) is 0 Å². The number of carbonyl (C=O) groups is 2. The van der Waals surface area contributed by atoms with Crippen LogP contribution in [0.15, 0.2) is 36.5 Å². The Kier molecular flexibility index (Phi) is 12.3. The van der Waals surface area contributed by atoms with E-state index in [1.807, 2.05) is 17.0 Å². The van der Waals surface area contributed by atoms with E-state index in [0.29, 0.717) is 76.0 Å². The quantitative estimate of drug-likeness (QED) is 0.393. The third kappa shape index (κ3) is 10.1. The zero-order valence-corrected chi connectivity index (χ0v) is 26.4. The number of pyridine rings is 2. The fourth-order valence-electron chi connectivity index (χ4n) is 5.46. The Hall–Kier alpha value is -2.72. The zero-order chi connectivity index (χ0) is 31.3. The van der Waals surface area contributed by atoms with Crippen molar-refractivity contribution in [1.82, 2.24) is 44.6 Å². The Balaban J connectivity index is 0.00000461. The molecule has 0 aliphatic carbocycles. The second kappa shape index (κ2) is 15.7. The molecule has 3 aliphatic rings. The smallest absolute Gasteiger partial charge is 0.416 e. The van der Waals surface area contributed by atoms with E-state index >= 15 is 0 Å². The molecule has 3 aliphatic heterocycles. The summed E-state index contributed by atoms with van der Waals surface area (Å²) in [7, 11) is 0.